The zero-order chi connectivity index (χ0) is 20.1. The van der Waals surface area contributed by atoms with Crippen molar-refractivity contribution < 1.29 is 13.2 Å². The predicted octanol–water partition coefficient (Wildman–Crippen LogP) is 5.34. The van der Waals surface area contributed by atoms with E-state index < -0.39 is 11.7 Å². The minimum absolute atomic E-state index is 0.379. The molecular weight excluding hydrogens is 389 g/mol. The van der Waals surface area contributed by atoms with E-state index in [9.17, 15) is 13.2 Å². The number of nitriles is 1. The average molecular weight is 403 g/mol. The van der Waals surface area contributed by atoms with Gasteiger partial charge in [-0.3, -0.25) is 0 Å². The van der Waals surface area contributed by atoms with Crippen molar-refractivity contribution in [3.05, 3.63) is 76.6 Å². The van der Waals surface area contributed by atoms with Gasteiger partial charge in [-0.1, -0.05) is 29.8 Å². The van der Waals surface area contributed by atoms with Crippen LogP contribution in [0.5, 0.6) is 0 Å². The van der Waals surface area contributed by atoms with Gasteiger partial charge in [0, 0.05) is 18.2 Å². The van der Waals surface area contributed by atoms with Crippen molar-refractivity contribution in [3.63, 3.8) is 0 Å². The van der Waals surface area contributed by atoms with Crippen LogP contribution >= 0.6 is 11.6 Å². The first kappa shape index (κ1) is 19.6. The van der Waals surface area contributed by atoms with E-state index in [1.807, 2.05) is 18.2 Å². The van der Waals surface area contributed by atoms with E-state index in [4.69, 9.17) is 16.9 Å². The SMILES string of the molecule is N#Cc1cccc(CCNc2cc(-c3ccc(C(F)(F)F)c(Cl)c3)ncn2)c1. The monoisotopic (exact) mass is 402 g/mol. The molecule has 0 fully saturated rings. The lowest BCUT2D eigenvalue weighted by atomic mass is 10.1. The van der Waals surface area contributed by atoms with Gasteiger partial charge in [0.1, 0.15) is 12.1 Å². The summed E-state index contributed by atoms with van der Waals surface area (Å²) in [5.41, 5.74) is 1.64. The van der Waals surface area contributed by atoms with Crippen molar-refractivity contribution in [2.45, 2.75) is 12.6 Å². The van der Waals surface area contributed by atoms with Gasteiger partial charge in [0.15, 0.2) is 0 Å². The van der Waals surface area contributed by atoms with Gasteiger partial charge < -0.3 is 5.32 Å². The number of nitrogens with zero attached hydrogens (tertiary/aromatic N) is 3. The quantitative estimate of drug-likeness (QED) is 0.625. The van der Waals surface area contributed by atoms with E-state index in [1.165, 1.54) is 18.5 Å². The van der Waals surface area contributed by atoms with Crippen LogP contribution in [0.2, 0.25) is 5.02 Å². The average Bonchev–Trinajstić information content (AvgIpc) is 2.67. The number of rotatable bonds is 5. The molecule has 1 heterocycles. The molecule has 0 aliphatic heterocycles. The number of hydrogen-bond acceptors (Lipinski definition) is 4. The van der Waals surface area contributed by atoms with Gasteiger partial charge in [-0.05, 0) is 36.2 Å². The third kappa shape index (κ3) is 4.78. The molecule has 28 heavy (non-hydrogen) atoms. The zero-order valence-electron chi connectivity index (χ0n) is 14.5. The summed E-state index contributed by atoms with van der Waals surface area (Å²) in [5, 5.41) is 11.7. The highest BCUT2D eigenvalue weighted by Gasteiger charge is 2.33. The molecule has 0 radical (unpaired) electrons. The van der Waals surface area contributed by atoms with E-state index in [0.717, 1.165) is 11.6 Å². The van der Waals surface area contributed by atoms with Crippen molar-refractivity contribution in [3.8, 4) is 17.3 Å². The molecule has 0 saturated heterocycles. The van der Waals surface area contributed by atoms with Crippen LogP contribution in [0.1, 0.15) is 16.7 Å². The Morgan fingerprint density at radius 1 is 1.07 bits per heavy atom. The lowest BCUT2D eigenvalue weighted by Crippen LogP contribution is -2.07. The molecule has 3 rings (SSSR count). The van der Waals surface area contributed by atoms with Gasteiger partial charge in [0.25, 0.3) is 0 Å². The van der Waals surface area contributed by atoms with Crippen LogP contribution in [0, 0.1) is 11.3 Å². The summed E-state index contributed by atoms with van der Waals surface area (Å²) in [6.07, 6.45) is -2.49. The van der Waals surface area contributed by atoms with Gasteiger partial charge in [0.05, 0.1) is 27.9 Å². The summed E-state index contributed by atoms with van der Waals surface area (Å²) in [4.78, 5) is 8.23. The second-order valence-corrected chi connectivity index (χ2v) is 6.38. The molecule has 8 heteroatoms. The van der Waals surface area contributed by atoms with Gasteiger partial charge in [0.2, 0.25) is 0 Å². The summed E-state index contributed by atoms with van der Waals surface area (Å²) in [5.74, 6) is 0.539. The molecule has 1 N–H and O–H groups in total. The highest BCUT2D eigenvalue weighted by molar-refractivity contribution is 6.31. The Labute approximate surface area is 164 Å². The maximum absolute atomic E-state index is 12.8. The summed E-state index contributed by atoms with van der Waals surface area (Å²) in [7, 11) is 0. The van der Waals surface area contributed by atoms with Crippen molar-refractivity contribution >= 4 is 17.4 Å². The summed E-state index contributed by atoms with van der Waals surface area (Å²) >= 11 is 5.78. The topological polar surface area (TPSA) is 61.6 Å². The molecule has 0 amide bonds. The molecule has 2 aromatic carbocycles. The third-order valence-corrected chi connectivity index (χ3v) is 4.33. The van der Waals surface area contributed by atoms with Crippen LogP contribution in [0.15, 0.2) is 54.9 Å². The normalized spacial score (nSPS) is 11.1. The van der Waals surface area contributed by atoms with Gasteiger partial charge in [-0.2, -0.15) is 18.4 Å². The van der Waals surface area contributed by atoms with E-state index in [1.54, 1.807) is 12.1 Å². The molecule has 0 atom stereocenters. The molecule has 142 valence electrons. The summed E-state index contributed by atoms with van der Waals surface area (Å²) < 4.78 is 38.5. The second kappa shape index (κ2) is 8.28. The second-order valence-electron chi connectivity index (χ2n) is 5.97. The fraction of sp³-hybridized carbons (Fsp3) is 0.150. The Kier molecular flexibility index (Phi) is 5.81. The lowest BCUT2D eigenvalue weighted by Gasteiger charge is -2.11. The fourth-order valence-electron chi connectivity index (χ4n) is 2.65. The third-order valence-electron chi connectivity index (χ3n) is 4.01. The van der Waals surface area contributed by atoms with Crippen LogP contribution in [-0.4, -0.2) is 16.5 Å². The van der Waals surface area contributed by atoms with E-state index in [0.29, 0.717) is 35.6 Å². The zero-order valence-corrected chi connectivity index (χ0v) is 15.2. The first-order chi connectivity index (χ1) is 13.4. The predicted molar refractivity (Wildman–Crippen MR) is 101 cm³/mol. The Hall–Kier alpha value is -3.11. The molecule has 4 nitrogen and oxygen atoms in total. The minimum Gasteiger partial charge on any atom is -0.370 e. The number of aromatic nitrogens is 2. The number of halogens is 4. The fourth-order valence-corrected chi connectivity index (χ4v) is 2.94. The maximum Gasteiger partial charge on any atom is 0.417 e. The molecule has 3 aromatic rings. The Balaban J connectivity index is 1.70. The van der Waals surface area contributed by atoms with Crippen LogP contribution in [0.3, 0.4) is 0 Å². The van der Waals surface area contributed by atoms with Gasteiger partial charge in [-0.15, -0.1) is 0 Å². The van der Waals surface area contributed by atoms with Gasteiger partial charge in [-0.25, -0.2) is 9.97 Å². The van der Waals surface area contributed by atoms with Crippen molar-refractivity contribution in [2.75, 3.05) is 11.9 Å². The Morgan fingerprint density at radius 3 is 2.61 bits per heavy atom. The first-order valence-corrected chi connectivity index (χ1v) is 8.66. The number of anilines is 1. The Morgan fingerprint density at radius 2 is 1.89 bits per heavy atom. The molecule has 1 aromatic heterocycles. The van der Waals surface area contributed by atoms with Gasteiger partial charge >= 0.3 is 6.18 Å². The highest BCUT2D eigenvalue weighted by atomic mass is 35.5. The first-order valence-electron chi connectivity index (χ1n) is 8.29. The van der Waals surface area contributed by atoms with Crippen LogP contribution in [0.4, 0.5) is 19.0 Å². The summed E-state index contributed by atoms with van der Waals surface area (Å²) in [6.45, 7) is 0.569. The highest BCUT2D eigenvalue weighted by Crippen LogP contribution is 2.36. The molecule has 0 spiro atoms. The molecule has 0 aliphatic rings. The largest absolute Gasteiger partial charge is 0.417 e. The van der Waals surface area contributed by atoms with Crippen LogP contribution in [0.25, 0.3) is 11.3 Å². The smallest absolute Gasteiger partial charge is 0.370 e. The van der Waals surface area contributed by atoms with Crippen molar-refractivity contribution in [1.29, 1.82) is 5.26 Å². The van der Waals surface area contributed by atoms with Crippen molar-refractivity contribution in [1.82, 2.24) is 9.97 Å². The number of hydrogen-bond donors (Lipinski definition) is 1. The minimum atomic E-state index is -4.50. The van der Waals surface area contributed by atoms with Crippen molar-refractivity contribution in [2.24, 2.45) is 0 Å². The Bertz CT molecular complexity index is 1030. The summed E-state index contributed by atoms with van der Waals surface area (Å²) in [6, 6.07) is 14.6. The molecule has 0 saturated carbocycles. The lowest BCUT2D eigenvalue weighted by molar-refractivity contribution is -0.137. The standard InChI is InChI=1S/C20H14ClF3N4/c21-17-9-15(4-5-16(17)20(22,23)24)18-10-19(28-12-27-18)26-7-6-13-2-1-3-14(8-13)11-25/h1-5,8-10,12H,6-7H2,(H,26,27,28). The van der Waals surface area contributed by atoms with Crippen LogP contribution < -0.4 is 5.32 Å². The van der Waals surface area contributed by atoms with E-state index in [-0.39, 0.29) is 5.02 Å². The molecule has 0 unspecified atom stereocenters. The number of alkyl halides is 3. The van der Waals surface area contributed by atoms with E-state index in [2.05, 4.69) is 21.4 Å². The number of benzene rings is 2. The molecule has 0 bridgehead atoms. The van der Waals surface area contributed by atoms with Crippen LogP contribution in [-0.2, 0) is 12.6 Å². The maximum atomic E-state index is 12.8. The molecular formula is C20H14ClF3N4. The van der Waals surface area contributed by atoms with E-state index >= 15 is 0 Å². The molecule has 0 aliphatic carbocycles. The number of nitrogens with one attached hydrogen (secondary N) is 1.